The molecule has 0 saturated heterocycles. The van der Waals surface area contributed by atoms with Gasteiger partial charge >= 0.3 is 0 Å². The monoisotopic (exact) mass is 494 g/mol. The highest BCUT2D eigenvalue weighted by molar-refractivity contribution is 14.1. The fourth-order valence-electron chi connectivity index (χ4n) is 2.89. The van der Waals surface area contributed by atoms with Crippen molar-refractivity contribution in [2.45, 2.75) is 11.8 Å². The summed E-state index contributed by atoms with van der Waals surface area (Å²) in [6.45, 7) is 1.90. The highest BCUT2D eigenvalue weighted by Gasteiger charge is 2.21. The van der Waals surface area contributed by atoms with Crippen LogP contribution < -0.4 is 9.46 Å². The number of rotatable bonds is 4. The number of nitrogens with zero attached hydrogens (tertiary/aromatic N) is 3. The number of pyridine rings is 1. The number of nitrogens with one attached hydrogen (secondary N) is 1. The Morgan fingerprint density at radius 2 is 1.78 bits per heavy atom. The van der Waals surface area contributed by atoms with Gasteiger partial charge in [0.25, 0.3) is 10.0 Å². The second-order valence-electron chi connectivity index (χ2n) is 5.93. The van der Waals surface area contributed by atoms with Crippen LogP contribution in [-0.2, 0) is 10.0 Å². The third kappa shape index (κ3) is 3.00. The maximum absolute atomic E-state index is 12.8. The van der Waals surface area contributed by atoms with E-state index in [-0.39, 0.29) is 10.8 Å². The molecular formula is C18H15IN4O3S. The fourth-order valence-corrected chi connectivity index (χ4v) is 4.81. The van der Waals surface area contributed by atoms with Crippen molar-refractivity contribution in [1.82, 2.24) is 14.4 Å². The van der Waals surface area contributed by atoms with Crippen LogP contribution in [0.5, 0.6) is 5.75 Å². The van der Waals surface area contributed by atoms with Crippen LogP contribution in [-0.4, -0.2) is 29.9 Å². The molecule has 4 aromatic rings. The van der Waals surface area contributed by atoms with Crippen LogP contribution in [0, 0.1) is 10.5 Å². The lowest BCUT2D eigenvalue weighted by Crippen LogP contribution is -2.16. The Labute approximate surface area is 169 Å². The van der Waals surface area contributed by atoms with E-state index >= 15 is 0 Å². The van der Waals surface area contributed by atoms with E-state index in [0.717, 1.165) is 20.0 Å². The summed E-state index contributed by atoms with van der Waals surface area (Å²) in [5.74, 6) is 0.835. The highest BCUT2D eigenvalue weighted by Crippen LogP contribution is 2.35. The second-order valence-corrected chi connectivity index (χ2v) is 8.69. The van der Waals surface area contributed by atoms with Gasteiger partial charge in [0, 0.05) is 12.4 Å². The maximum Gasteiger partial charge on any atom is 0.264 e. The van der Waals surface area contributed by atoms with E-state index in [9.17, 15) is 8.42 Å². The normalized spacial score (nSPS) is 11.8. The fraction of sp³-hybridized carbons (Fsp3) is 0.111. The summed E-state index contributed by atoms with van der Waals surface area (Å²) in [5, 5.41) is 0.810. The zero-order valence-electron chi connectivity index (χ0n) is 14.5. The van der Waals surface area contributed by atoms with Crippen molar-refractivity contribution < 1.29 is 13.2 Å². The molecule has 0 aliphatic rings. The molecule has 138 valence electrons. The number of aryl methyl sites for hydroxylation is 1. The van der Waals surface area contributed by atoms with Gasteiger partial charge in [-0.1, -0.05) is 17.7 Å². The number of halogens is 1. The molecule has 0 spiro atoms. The van der Waals surface area contributed by atoms with Gasteiger partial charge in [-0.3, -0.25) is 4.40 Å². The number of hydrogen-bond donors (Lipinski definition) is 1. The van der Waals surface area contributed by atoms with Gasteiger partial charge in [-0.05, 0) is 53.8 Å². The lowest BCUT2D eigenvalue weighted by molar-refractivity contribution is 0.419. The largest absolute Gasteiger partial charge is 0.496 e. The zero-order valence-corrected chi connectivity index (χ0v) is 17.4. The van der Waals surface area contributed by atoms with Crippen LogP contribution in [0.2, 0.25) is 0 Å². The topological polar surface area (TPSA) is 85.6 Å². The Kier molecular flexibility index (Phi) is 4.42. The number of anilines is 1. The molecule has 1 aromatic carbocycles. The van der Waals surface area contributed by atoms with Gasteiger partial charge in [0.05, 0.1) is 26.5 Å². The molecule has 9 heteroatoms. The summed E-state index contributed by atoms with van der Waals surface area (Å²) in [6, 6.07) is 10.2. The van der Waals surface area contributed by atoms with E-state index in [0.29, 0.717) is 11.4 Å². The first kappa shape index (κ1) is 18.0. The number of aromatic nitrogens is 3. The smallest absolute Gasteiger partial charge is 0.264 e. The summed E-state index contributed by atoms with van der Waals surface area (Å²) in [6.07, 6.45) is 3.19. The van der Waals surface area contributed by atoms with Crippen LogP contribution in [0.25, 0.3) is 16.6 Å². The molecule has 1 N–H and O–H groups in total. The first-order valence-electron chi connectivity index (χ1n) is 7.99. The van der Waals surface area contributed by atoms with E-state index in [1.807, 2.05) is 13.0 Å². The van der Waals surface area contributed by atoms with Gasteiger partial charge < -0.3 is 4.74 Å². The minimum Gasteiger partial charge on any atom is -0.496 e. The molecule has 0 radical (unpaired) electrons. The predicted molar refractivity (Wildman–Crippen MR) is 112 cm³/mol. The number of benzene rings is 1. The molecular weight excluding hydrogens is 479 g/mol. The van der Waals surface area contributed by atoms with Crippen LogP contribution in [0.1, 0.15) is 5.56 Å². The highest BCUT2D eigenvalue weighted by atomic mass is 127. The van der Waals surface area contributed by atoms with Gasteiger partial charge in [-0.25, -0.2) is 23.1 Å². The molecule has 0 fully saturated rings. The first-order valence-corrected chi connectivity index (χ1v) is 10.6. The zero-order chi connectivity index (χ0) is 19.2. The van der Waals surface area contributed by atoms with E-state index in [1.165, 1.54) is 0 Å². The minimum atomic E-state index is -3.79. The lowest BCUT2D eigenvalue weighted by Gasteiger charge is -2.10. The summed E-state index contributed by atoms with van der Waals surface area (Å²) in [5.41, 5.74) is 2.35. The molecule has 0 aliphatic heterocycles. The number of sulfonamides is 1. The number of fused-ring (bicyclic) bond motifs is 3. The van der Waals surface area contributed by atoms with Crippen molar-refractivity contribution >= 4 is 55.1 Å². The Morgan fingerprint density at radius 3 is 2.48 bits per heavy atom. The molecule has 3 heterocycles. The van der Waals surface area contributed by atoms with Crippen molar-refractivity contribution in [3.63, 3.8) is 0 Å². The van der Waals surface area contributed by atoms with Crippen LogP contribution in [0.4, 0.5) is 5.95 Å². The number of ether oxygens (including phenoxy) is 1. The molecule has 0 unspecified atom stereocenters. The van der Waals surface area contributed by atoms with Gasteiger partial charge in [0.2, 0.25) is 5.95 Å². The Hall–Kier alpha value is -2.40. The van der Waals surface area contributed by atoms with E-state index in [2.05, 4.69) is 37.3 Å². The van der Waals surface area contributed by atoms with Crippen molar-refractivity contribution in [1.29, 1.82) is 0 Å². The van der Waals surface area contributed by atoms with E-state index < -0.39 is 10.0 Å². The van der Waals surface area contributed by atoms with E-state index in [1.54, 1.807) is 54.2 Å². The van der Waals surface area contributed by atoms with Crippen LogP contribution in [0.3, 0.4) is 0 Å². The average molecular weight is 494 g/mol. The molecule has 0 amide bonds. The summed E-state index contributed by atoms with van der Waals surface area (Å²) >= 11 is 2.20. The molecule has 0 bridgehead atoms. The Morgan fingerprint density at radius 1 is 1.07 bits per heavy atom. The van der Waals surface area contributed by atoms with Crippen LogP contribution >= 0.6 is 22.6 Å². The number of hydrogen-bond acceptors (Lipinski definition) is 5. The molecule has 4 rings (SSSR count). The van der Waals surface area contributed by atoms with Crippen molar-refractivity contribution in [3.8, 4) is 5.75 Å². The molecule has 7 nitrogen and oxygen atoms in total. The SMILES string of the molecule is COc1ccnc2c1c(I)c1ccnc(NS(=O)(=O)c3ccc(C)cc3)n12. The third-order valence-electron chi connectivity index (χ3n) is 4.21. The van der Waals surface area contributed by atoms with Crippen molar-refractivity contribution in [2.75, 3.05) is 11.8 Å². The lowest BCUT2D eigenvalue weighted by atomic mass is 10.2. The molecule has 27 heavy (non-hydrogen) atoms. The first-order chi connectivity index (χ1) is 12.9. The van der Waals surface area contributed by atoms with E-state index in [4.69, 9.17) is 4.74 Å². The van der Waals surface area contributed by atoms with Gasteiger partial charge in [-0.2, -0.15) is 0 Å². The standard InChI is InChI=1S/C18H15IN4O3S/c1-11-3-5-12(6-4-11)27(24,25)22-18-21-9-7-13-16(19)15-14(26-2)8-10-20-17(15)23(13)18/h3-10H,1-2H3,(H,21,22). The average Bonchev–Trinajstić information content (AvgIpc) is 2.96. The molecule has 0 saturated carbocycles. The molecule has 3 aromatic heterocycles. The Balaban J connectivity index is 1.93. The number of methoxy groups -OCH3 is 1. The summed E-state index contributed by atoms with van der Waals surface area (Å²) in [7, 11) is -2.20. The van der Waals surface area contributed by atoms with Gasteiger partial charge in [-0.15, -0.1) is 0 Å². The quantitative estimate of drug-likeness (QED) is 0.439. The van der Waals surface area contributed by atoms with Gasteiger partial charge in [0.1, 0.15) is 5.75 Å². The van der Waals surface area contributed by atoms with Crippen LogP contribution in [0.15, 0.2) is 53.7 Å². The maximum atomic E-state index is 12.8. The van der Waals surface area contributed by atoms with Crippen molar-refractivity contribution in [2.24, 2.45) is 0 Å². The third-order valence-corrected chi connectivity index (χ3v) is 6.64. The second kappa shape index (κ2) is 6.64. The Bertz CT molecular complexity index is 1270. The molecule has 0 aliphatic carbocycles. The van der Waals surface area contributed by atoms with Crippen molar-refractivity contribution in [3.05, 3.63) is 57.9 Å². The minimum absolute atomic E-state index is 0.168. The predicted octanol–water partition coefficient (Wildman–Crippen LogP) is 3.60. The summed E-state index contributed by atoms with van der Waals surface area (Å²) in [4.78, 5) is 8.83. The summed E-state index contributed by atoms with van der Waals surface area (Å²) < 4.78 is 36.2. The molecule has 0 atom stereocenters. The van der Waals surface area contributed by atoms with Gasteiger partial charge in [0.15, 0.2) is 5.65 Å².